The third-order valence-corrected chi connectivity index (χ3v) is 0.877. The van der Waals surface area contributed by atoms with E-state index in [2.05, 4.69) is 6.58 Å². The molecule has 0 bridgehead atoms. The summed E-state index contributed by atoms with van der Waals surface area (Å²) < 4.78 is 0. The second kappa shape index (κ2) is 6.04. The molecule has 4 N–H and O–H groups in total. The van der Waals surface area contributed by atoms with E-state index in [4.69, 9.17) is 15.9 Å². The molecule has 0 radical (unpaired) electrons. The van der Waals surface area contributed by atoms with Crippen molar-refractivity contribution in [2.24, 2.45) is 5.73 Å². The summed E-state index contributed by atoms with van der Waals surface area (Å²) in [5.74, 6) is 0. The third-order valence-electron chi connectivity index (χ3n) is 0.877. The molecule has 0 aliphatic heterocycles. The van der Waals surface area contributed by atoms with E-state index >= 15 is 0 Å². The molecular weight excluding hydrogens is 142 g/mol. The molecule has 0 aromatic heterocycles. The third kappa shape index (κ3) is 4.42. The summed E-state index contributed by atoms with van der Waals surface area (Å²) in [6.45, 7) is 3.33. The summed E-state index contributed by atoms with van der Waals surface area (Å²) in [5, 5.41) is 17.4. The van der Waals surface area contributed by atoms with Crippen LogP contribution in [0.1, 0.15) is 0 Å². The van der Waals surface area contributed by atoms with Crippen LogP contribution in [0.2, 0.25) is 0 Å². The standard InChI is InChI=1S/C5H11NO2.ClH/c1-2-4(7)5(8)3-6;/h2,4-5,7-8H,1,3,6H2;1H/t4-,5-;/m0./s1. The lowest BCUT2D eigenvalue weighted by Crippen LogP contribution is -2.31. The fourth-order valence-corrected chi connectivity index (χ4v) is 0.297. The van der Waals surface area contributed by atoms with Crippen molar-refractivity contribution in [2.45, 2.75) is 12.2 Å². The molecule has 9 heavy (non-hydrogen) atoms. The van der Waals surface area contributed by atoms with Crippen LogP contribution in [0.25, 0.3) is 0 Å². The minimum absolute atomic E-state index is 0. The van der Waals surface area contributed by atoms with Gasteiger partial charge in [-0.05, 0) is 0 Å². The number of rotatable bonds is 3. The van der Waals surface area contributed by atoms with Gasteiger partial charge in [-0.25, -0.2) is 0 Å². The van der Waals surface area contributed by atoms with E-state index in [0.29, 0.717) is 0 Å². The van der Waals surface area contributed by atoms with Crippen molar-refractivity contribution in [3.8, 4) is 0 Å². The molecule has 0 aliphatic rings. The van der Waals surface area contributed by atoms with E-state index < -0.39 is 12.2 Å². The number of aliphatic hydroxyl groups excluding tert-OH is 2. The summed E-state index contributed by atoms with van der Waals surface area (Å²) in [7, 11) is 0. The maximum absolute atomic E-state index is 8.68. The average molecular weight is 154 g/mol. The molecule has 0 rings (SSSR count). The fourth-order valence-electron chi connectivity index (χ4n) is 0.297. The maximum Gasteiger partial charge on any atom is 0.0989 e. The van der Waals surface area contributed by atoms with Crippen LogP contribution in [-0.4, -0.2) is 29.0 Å². The Morgan fingerprint density at radius 3 is 2.11 bits per heavy atom. The zero-order valence-electron chi connectivity index (χ0n) is 5.03. The largest absolute Gasteiger partial charge is 0.389 e. The predicted octanol–water partition coefficient (Wildman–Crippen LogP) is -0.725. The molecule has 0 aromatic carbocycles. The second-order valence-corrected chi connectivity index (χ2v) is 1.53. The highest BCUT2D eigenvalue weighted by molar-refractivity contribution is 5.85. The summed E-state index contributed by atoms with van der Waals surface area (Å²) in [4.78, 5) is 0. The monoisotopic (exact) mass is 153 g/mol. The van der Waals surface area contributed by atoms with E-state index in [9.17, 15) is 0 Å². The van der Waals surface area contributed by atoms with Gasteiger partial charge in [-0.15, -0.1) is 19.0 Å². The van der Waals surface area contributed by atoms with Crippen molar-refractivity contribution in [1.82, 2.24) is 0 Å². The molecule has 56 valence electrons. The molecule has 0 aromatic rings. The Hall–Kier alpha value is -0.0900. The molecular formula is C5H12ClNO2. The Morgan fingerprint density at radius 2 is 2.00 bits per heavy atom. The first-order chi connectivity index (χ1) is 3.72. The van der Waals surface area contributed by atoms with Crippen LogP contribution >= 0.6 is 12.4 Å². The molecule has 0 saturated carbocycles. The van der Waals surface area contributed by atoms with Crippen molar-refractivity contribution in [3.05, 3.63) is 12.7 Å². The summed E-state index contributed by atoms with van der Waals surface area (Å²) in [6, 6.07) is 0. The topological polar surface area (TPSA) is 66.5 Å². The average Bonchev–Trinajstić information content (AvgIpc) is 1.84. The van der Waals surface area contributed by atoms with Crippen molar-refractivity contribution in [1.29, 1.82) is 0 Å². The first kappa shape index (κ1) is 11.7. The number of aliphatic hydroxyl groups is 2. The molecule has 0 heterocycles. The molecule has 0 saturated heterocycles. The van der Waals surface area contributed by atoms with Gasteiger partial charge < -0.3 is 15.9 Å². The fraction of sp³-hybridized carbons (Fsp3) is 0.600. The van der Waals surface area contributed by atoms with Crippen LogP contribution in [0.4, 0.5) is 0 Å². The lowest BCUT2D eigenvalue weighted by molar-refractivity contribution is 0.0552. The first-order valence-corrected chi connectivity index (χ1v) is 2.41. The van der Waals surface area contributed by atoms with Crippen LogP contribution in [0.3, 0.4) is 0 Å². The zero-order chi connectivity index (χ0) is 6.57. The van der Waals surface area contributed by atoms with Crippen LogP contribution in [0.15, 0.2) is 12.7 Å². The molecule has 0 amide bonds. The van der Waals surface area contributed by atoms with Gasteiger partial charge in [-0.1, -0.05) is 6.08 Å². The minimum atomic E-state index is -0.889. The van der Waals surface area contributed by atoms with Crippen molar-refractivity contribution >= 4 is 12.4 Å². The highest BCUT2D eigenvalue weighted by Crippen LogP contribution is 1.89. The van der Waals surface area contributed by atoms with Crippen molar-refractivity contribution < 1.29 is 10.2 Å². The maximum atomic E-state index is 8.68. The predicted molar refractivity (Wildman–Crippen MR) is 38.5 cm³/mol. The van der Waals surface area contributed by atoms with Crippen LogP contribution in [0.5, 0.6) is 0 Å². The van der Waals surface area contributed by atoms with Crippen LogP contribution < -0.4 is 5.73 Å². The van der Waals surface area contributed by atoms with Gasteiger partial charge >= 0.3 is 0 Å². The van der Waals surface area contributed by atoms with E-state index in [0.717, 1.165) is 0 Å². The summed E-state index contributed by atoms with van der Waals surface area (Å²) >= 11 is 0. The molecule has 0 spiro atoms. The van der Waals surface area contributed by atoms with Gasteiger partial charge in [0.25, 0.3) is 0 Å². The Bertz CT molecular complexity index is 79.4. The van der Waals surface area contributed by atoms with Crippen molar-refractivity contribution in [3.63, 3.8) is 0 Å². The van der Waals surface area contributed by atoms with Gasteiger partial charge in [0.2, 0.25) is 0 Å². The van der Waals surface area contributed by atoms with E-state index in [1.165, 1.54) is 6.08 Å². The highest BCUT2D eigenvalue weighted by atomic mass is 35.5. The Labute approximate surface area is 60.6 Å². The molecule has 4 heteroatoms. The summed E-state index contributed by atoms with van der Waals surface area (Å²) in [5.41, 5.74) is 4.99. The normalized spacial score (nSPS) is 15.4. The molecule has 0 unspecified atom stereocenters. The Kier molecular flexibility index (Phi) is 7.83. The SMILES string of the molecule is C=C[C@H](O)[C@@H](O)CN.Cl. The Balaban J connectivity index is 0. The number of nitrogens with two attached hydrogens (primary N) is 1. The number of hydrogen-bond donors (Lipinski definition) is 3. The summed E-state index contributed by atoms with van der Waals surface area (Å²) in [6.07, 6.45) is -0.509. The van der Waals surface area contributed by atoms with Gasteiger partial charge in [0.15, 0.2) is 0 Å². The molecule has 0 aliphatic carbocycles. The second-order valence-electron chi connectivity index (χ2n) is 1.53. The minimum Gasteiger partial charge on any atom is -0.389 e. The first-order valence-electron chi connectivity index (χ1n) is 2.41. The van der Waals surface area contributed by atoms with Crippen molar-refractivity contribution in [2.75, 3.05) is 6.54 Å². The number of hydrogen-bond acceptors (Lipinski definition) is 3. The van der Waals surface area contributed by atoms with Crippen LogP contribution in [0, 0.1) is 0 Å². The van der Waals surface area contributed by atoms with Crippen LogP contribution in [-0.2, 0) is 0 Å². The van der Waals surface area contributed by atoms with Gasteiger partial charge in [0.05, 0.1) is 12.2 Å². The van der Waals surface area contributed by atoms with Gasteiger partial charge in [-0.3, -0.25) is 0 Å². The van der Waals surface area contributed by atoms with Gasteiger partial charge in [0.1, 0.15) is 0 Å². The Morgan fingerprint density at radius 1 is 1.56 bits per heavy atom. The smallest absolute Gasteiger partial charge is 0.0989 e. The zero-order valence-corrected chi connectivity index (χ0v) is 5.84. The lowest BCUT2D eigenvalue weighted by Gasteiger charge is -2.09. The lowest BCUT2D eigenvalue weighted by atomic mass is 10.2. The van der Waals surface area contributed by atoms with E-state index in [1.807, 2.05) is 0 Å². The molecule has 2 atom stereocenters. The van der Waals surface area contributed by atoms with Gasteiger partial charge in [-0.2, -0.15) is 0 Å². The van der Waals surface area contributed by atoms with Gasteiger partial charge in [0, 0.05) is 6.54 Å². The van der Waals surface area contributed by atoms with E-state index in [-0.39, 0.29) is 19.0 Å². The molecule has 3 nitrogen and oxygen atoms in total. The highest BCUT2D eigenvalue weighted by Gasteiger charge is 2.08. The molecule has 0 fully saturated rings. The number of halogens is 1. The van der Waals surface area contributed by atoms with E-state index in [1.54, 1.807) is 0 Å². The quantitative estimate of drug-likeness (QED) is 0.469.